The highest BCUT2D eigenvalue weighted by atomic mass is 16.6. The van der Waals surface area contributed by atoms with Gasteiger partial charge in [0.2, 0.25) is 11.8 Å². The molecule has 1 aliphatic heterocycles. The third-order valence-corrected chi connectivity index (χ3v) is 5.67. The molecule has 7 nitrogen and oxygen atoms in total. The third kappa shape index (κ3) is 8.46. The first-order valence-electron chi connectivity index (χ1n) is 10.8. The summed E-state index contributed by atoms with van der Waals surface area (Å²) in [5, 5.41) is 5.53. The number of carbonyl (C=O) groups excluding carboxylic acids is 3. The summed E-state index contributed by atoms with van der Waals surface area (Å²) in [5.41, 5.74) is 0.610. The molecule has 3 amide bonds. The minimum absolute atomic E-state index is 0.00512. The second kappa shape index (κ2) is 10.6. The molecule has 7 heteroatoms. The van der Waals surface area contributed by atoms with Crippen molar-refractivity contribution in [2.24, 2.45) is 11.8 Å². The molecule has 0 unspecified atom stereocenters. The van der Waals surface area contributed by atoms with Crippen LogP contribution in [-0.2, 0) is 14.3 Å². The van der Waals surface area contributed by atoms with E-state index in [9.17, 15) is 14.4 Å². The lowest BCUT2D eigenvalue weighted by atomic mass is 9.96. The maximum atomic E-state index is 12.3. The van der Waals surface area contributed by atoms with Gasteiger partial charge in [0.15, 0.2) is 0 Å². The lowest BCUT2D eigenvalue weighted by Crippen LogP contribution is -2.46. The SMILES string of the molecule is C/C(=C\C(=O)NCC1CCN(C(=O)CNC(=O)OC(C)(C)C)CC1)C1CCCC1. The zero-order valence-corrected chi connectivity index (χ0v) is 18.4. The molecule has 0 aromatic heterocycles. The highest BCUT2D eigenvalue weighted by molar-refractivity contribution is 5.88. The summed E-state index contributed by atoms with van der Waals surface area (Å²) in [7, 11) is 0. The van der Waals surface area contributed by atoms with Gasteiger partial charge in [0.1, 0.15) is 12.1 Å². The minimum Gasteiger partial charge on any atom is -0.444 e. The van der Waals surface area contributed by atoms with Gasteiger partial charge in [0.25, 0.3) is 0 Å². The number of likely N-dealkylation sites (tertiary alicyclic amines) is 1. The van der Waals surface area contributed by atoms with Crippen LogP contribution >= 0.6 is 0 Å². The fourth-order valence-electron chi connectivity index (χ4n) is 3.96. The number of ether oxygens (including phenoxy) is 1. The van der Waals surface area contributed by atoms with Gasteiger partial charge in [0.05, 0.1) is 0 Å². The van der Waals surface area contributed by atoms with E-state index < -0.39 is 11.7 Å². The van der Waals surface area contributed by atoms with Crippen molar-refractivity contribution in [2.45, 2.75) is 71.8 Å². The number of carbonyl (C=O) groups is 3. The number of alkyl carbamates (subject to hydrolysis) is 1. The van der Waals surface area contributed by atoms with Crippen molar-refractivity contribution in [3.63, 3.8) is 0 Å². The number of hydrogen-bond donors (Lipinski definition) is 2. The molecule has 29 heavy (non-hydrogen) atoms. The maximum absolute atomic E-state index is 12.3. The molecule has 2 N–H and O–H groups in total. The Kier molecular flexibility index (Phi) is 8.53. The Morgan fingerprint density at radius 1 is 1.03 bits per heavy atom. The fourth-order valence-corrected chi connectivity index (χ4v) is 3.96. The van der Waals surface area contributed by atoms with E-state index in [2.05, 4.69) is 17.6 Å². The van der Waals surface area contributed by atoms with Crippen molar-refractivity contribution < 1.29 is 19.1 Å². The highest BCUT2D eigenvalue weighted by Gasteiger charge is 2.24. The second-order valence-electron chi connectivity index (χ2n) is 9.29. The Hall–Kier alpha value is -2.05. The summed E-state index contributed by atoms with van der Waals surface area (Å²) in [5.74, 6) is 0.842. The van der Waals surface area contributed by atoms with Crippen LogP contribution in [0.25, 0.3) is 0 Å². The van der Waals surface area contributed by atoms with Gasteiger partial charge in [-0.15, -0.1) is 0 Å². The molecule has 2 fully saturated rings. The predicted molar refractivity (Wildman–Crippen MR) is 112 cm³/mol. The summed E-state index contributed by atoms with van der Waals surface area (Å²) >= 11 is 0. The number of amides is 3. The number of nitrogens with zero attached hydrogens (tertiary/aromatic N) is 1. The van der Waals surface area contributed by atoms with Crippen molar-refractivity contribution >= 4 is 17.9 Å². The van der Waals surface area contributed by atoms with Gasteiger partial charge < -0.3 is 20.3 Å². The summed E-state index contributed by atoms with van der Waals surface area (Å²) in [6.45, 7) is 9.29. The van der Waals surface area contributed by atoms with E-state index in [4.69, 9.17) is 4.74 Å². The first kappa shape index (κ1) is 23.2. The molecule has 0 radical (unpaired) electrons. The van der Waals surface area contributed by atoms with Crippen LogP contribution in [0, 0.1) is 11.8 Å². The van der Waals surface area contributed by atoms with Gasteiger partial charge in [0, 0.05) is 25.7 Å². The monoisotopic (exact) mass is 407 g/mol. The molecule has 1 aliphatic carbocycles. The van der Waals surface area contributed by atoms with Gasteiger partial charge in [-0.2, -0.15) is 0 Å². The molecule has 164 valence electrons. The molecule has 2 rings (SSSR count). The van der Waals surface area contributed by atoms with E-state index in [0.717, 1.165) is 12.8 Å². The van der Waals surface area contributed by atoms with Gasteiger partial charge in [-0.3, -0.25) is 9.59 Å². The normalized spacial score (nSPS) is 19.2. The lowest BCUT2D eigenvalue weighted by molar-refractivity contribution is -0.131. The standard InChI is InChI=1S/C22H37N3O4/c1-16(18-7-5-6-8-18)13-19(26)23-14-17-9-11-25(12-10-17)20(27)15-24-21(28)29-22(2,3)4/h13,17-18H,5-12,14-15H2,1-4H3,(H,23,26)(H,24,28)/b16-13+. The predicted octanol–water partition coefficient (Wildman–Crippen LogP) is 3.00. The first-order valence-corrected chi connectivity index (χ1v) is 10.8. The number of allylic oxidation sites excluding steroid dienone is 1. The quantitative estimate of drug-likeness (QED) is 0.663. The zero-order chi connectivity index (χ0) is 21.4. The Balaban J connectivity index is 1.64. The summed E-state index contributed by atoms with van der Waals surface area (Å²) in [6.07, 6.45) is 7.81. The fraction of sp³-hybridized carbons (Fsp3) is 0.773. The molecule has 0 spiro atoms. The van der Waals surface area contributed by atoms with Crippen LogP contribution in [0.4, 0.5) is 4.79 Å². The van der Waals surface area contributed by atoms with Crippen LogP contribution in [0.2, 0.25) is 0 Å². The van der Waals surface area contributed by atoms with Crippen LogP contribution in [0.5, 0.6) is 0 Å². The van der Waals surface area contributed by atoms with Crippen molar-refractivity contribution in [3.05, 3.63) is 11.6 Å². The lowest BCUT2D eigenvalue weighted by Gasteiger charge is -2.32. The van der Waals surface area contributed by atoms with Crippen molar-refractivity contribution in [3.8, 4) is 0 Å². The average molecular weight is 408 g/mol. The number of hydrogen-bond acceptors (Lipinski definition) is 4. The van der Waals surface area contributed by atoms with E-state index in [0.29, 0.717) is 31.5 Å². The van der Waals surface area contributed by atoms with E-state index in [1.165, 1.54) is 31.3 Å². The first-order chi connectivity index (χ1) is 13.6. The zero-order valence-electron chi connectivity index (χ0n) is 18.4. The van der Waals surface area contributed by atoms with Gasteiger partial charge >= 0.3 is 6.09 Å². The Morgan fingerprint density at radius 2 is 1.66 bits per heavy atom. The third-order valence-electron chi connectivity index (χ3n) is 5.67. The number of rotatable bonds is 6. The van der Waals surface area contributed by atoms with Crippen molar-refractivity contribution in [1.29, 1.82) is 0 Å². The molecule has 1 heterocycles. The van der Waals surface area contributed by atoms with E-state index in [1.54, 1.807) is 31.7 Å². The van der Waals surface area contributed by atoms with Crippen LogP contribution in [-0.4, -0.2) is 54.6 Å². The topological polar surface area (TPSA) is 87.7 Å². The highest BCUT2D eigenvalue weighted by Crippen LogP contribution is 2.30. The Bertz CT molecular complexity index is 610. The van der Waals surface area contributed by atoms with Crippen LogP contribution in [0.3, 0.4) is 0 Å². The van der Waals surface area contributed by atoms with Crippen LogP contribution < -0.4 is 10.6 Å². The summed E-state index contributed by atoms with van der Waals surface area (Å²) in [4.78, 5) is 37.9. The summed E-state index contributed by atoms with van der Waals surface area (Å²) in [6, 6.07) is 0. The minimum atomic E-state index is -0.583. The van der Waals surface area contributed by atoms with E-state index >= 15 is 0 Å². The Morgan fingerprint density at radius 3 is 2.24 bits per heavy atom. The average Bonchev–Trinajstić information content (AvgIpc) is 3.18. The number of piperidine rings is 1. The molecule has 0 atom stereocenters. The second-order valence-corrected chi connectivity index (χ2v) is 9.29. The molecule has 0 bridgehead atoms. The molecule has 1 saturated carbocycles. The molecular formula is C22H37N3O4. The Labute approximate surface area is 174 Å². The molecule has 0 aromatic rings. The van der Waals surface area contributed by atoms with Gasteiger partial charge in [-0.05, 0) is 65.2 Å². The molecule has 0 aromatic carbocycles. The maximum Gasteiger partial charge on any atom is 0.408 e. The van der Waals surface area contributed by atoms with Gasteiger partial charge in [-0.1, -0.05) is 18.4 Å². The summed E-state index contributed by atoms with van der Waals surface area (Å²) < 4.78 is 5.14. The van der Waals surface area contributed by atoms with Crippen molar-refractivity contribution in [2.75, 3.05) is 26.2 Å². The largest absolute Gasteiger partial charge is 0.444 e. The van der Waals surface area contributed by atoms with Crippen molar-refractivity contribution in [1.82, 2.24) is 15.5 Å². The van der Waals surface area contributed by atoms with Crippen LogP contribution in [0.1, 0.15) is 66.2 Å². The van der Waals surface area contributed by atoms with E-state index in [1.807, 2.05) is 0 Å². The van der Waals surface area contributed by atoms with E-state index in [-0.39, 0.29) is 18.4 Å². The van der Waals surface area contributed by atoms with Gasteiger partial charge in [-0.25, -0.2) is 4.79 Å². The smallest absolute Gasteiger partial charge is 0.408 e. The molecule has 1 saturated heterocycles. The molecular weight excluding hydrogens is 370 g/mol. The number of nitrogens with one attached hydrogen (secondary N) is 2. The van der Waals surface area contributed by atoms with Crippen LogP contribution in [0.15, 0.2) is 11.6 Å². The molecule has 2 aliphatic rings.